The first-order valence-corrected chi connectivity index (χ1v) is 6.41. The quantitative estimate of drug-likeness (QED) is 0.828. The van der Waals surface area contributed by atoms with E-state index in [9.17, 15) is 4.39 Å². The Labute approximate surface area is 111 Å². The van der Waals surface area contributed by atoms with E-state index in [1.807, 2.05) is 0 Å². The van der Waals surface area contributed by atoms with E-state index >= 15 is 0 Å². The summed E-state index contributed by atoms with van der Waals surface area (Å²) in [6.45, 7) is 1.17. The van der Waals surface area contributed by atoms with Gasteiger partial charge in [0.1, 0.15) is 17.7 Å². The summed E-state index contributed by atoms with van der Waals surface area (Å²) in [5, 5.41) is 3.65. The Morgan fingerprint density at radius 2 is 2.28 bits per heavy atom. The van der Waals surface area contributed by atoms with Gasteiger partial charge in [-0.1, -0.05) is 11.6 Å². The lowest BCUT2D eigenvalue weighted by molar-refractivity contribution is 0.0804. The van der Waals surface area contributed by atoms with Crippen molar-refractivity contribution in [1.29, 1.82) is 0 Å². The largest absolute Gasteiger partial charge is 0.485 e. The van der Waals surface area contributed by atoms with Crippen LogP contribution in [-0.2, 0) is 4.74 Å². The van der Waals surface area contributed by atoms with Crippen LogP contribution in [0.1, 0.15) is 12.8 Å². The van der Waals surface area contributed by atoms with Gasteiger partial charge < -0.3 is 14.8 Å². The van der Waals surface area contributed by atoms with Gasteiger partial charge >= 0.3 is 0 Å². The Kier molecular flexibility index (Phi) is 4.80. The van der Waals surface area contributed by atoms with Gasteiger partial charge in [-0.3, -0.25) is 0 Å². The molecule has 0 heterocycles. The van der Waals surface area contributed by atoms with E-state index in [1.165, 1.54) is 31.0 Å². The SMILES string of the molecule is COCC(CNC1CC1)Oc1ccc(F)cc1Cl. The highest BCUT2D eigenvalue weighted by Gasteiger charge is 2.22. The molecule has 1 unspecified atom stereocenters. The minimum atomic E-state index is -0.369. The van der Waals surface area contributed by atoms with Crippen LogP contribution in [-0.4, -0.2) is 32.4 Å². The molecule has 3 nitrogen and oxygen atoms in total. The fourth-order valence-electron chi connectivity index (χ4n) is 1.66. The normalized spacial score (nSPS) is 16.6. The summed E-state index contributed by atoms with van der Waals surface area (Å²) in [5.41, 5.74) is 0. The molecule has 1 aliphatic rings. The Balaban J connectivity index is 1.92. The second-order valence-corrected chi connectivity index (χ2v) is 4.86. The van der Waals surface area contributed by atoms with Gasteiger partial charge in [0.2, 0.25) is 0 Å². The smallest absolute Gasteiger partial charge is 0.138 e. The van der Waals surface area contributed by atoms with E-state index < -0.39 is 0 Å². The van der Waals surface area contributed by atoms with Crippen molar-refractivity contribution >= 4 is 11.6 Å². The number of nitrogens with one attached hydrogen (secondary N) is 1. The van der Waals surface area contributed by atoms with Gasteiger partial charge in [0, 0.05) is 19.7 Å². The van der Waals surface area contributed by atoms with Gasteiger partial charge in [-0.2, -0.15) is 0 Å². The van der Waals surface area contributed by atoms with Gasteiger partial charge in [-0.05, 0) is 31.0 Å². The summed E-state index contributed by atoms with van der Waals surface area (Å²) in [4.78, 5) is 0. The highest BCUT2D eigenvalue weighted by molar-refractivity contribution is 6.32. The first kappa shape index (κ1) is 13.6. The third-order valence-corrected chi connectivity index (χ3v) is 3.05. The molecule has 1 aromatic carbocycles. The zero-order valence-corrected chi connectivity index (χ0v) is 11.0. The summed E-state index contributed by atoms with van der Waals surface area (Å²) >= 11 is 5.92. The summed E-state index contributed by atoms with van der Waals surface area (Å²) in [5.74, 6) is 0.115. The molecule has 0 amide bonds. The molecule has 1 saturated carbocycles. The van der Waals surface area contributed by atoms with E-state index in [4.69, 9.17) is 21.1 Å². The Bertz CT molecular complexity index is 399. The van der Waals surface area contributed by atoms with Crippen molar-refractivity contribution in [3.05, 3.63) is 29.0 Å². The van der Waals surface area contributed by atoms with E-state index in [1.54, 1.807) is 7.11 Å². The predicted molar refractivity (Wildman–Crippen MR) is 68.7 cm³/mol. The van der Waals surface area contributed by atoms with Gasteiger partial charge in [0.05, 0.1) is 11.6 Å². The van der Waals surface area contributed by atoms with Crippen LogP contribution >= 0.6 is 11.6 Å². The van der Waals surface area contributed by atoms with Gasteiger partial charge in [0.15, 0.2) is 0 Å². The molecule has 0 saturated heterocycles. The lowest BCUT2D eigenvalue weighted by atomic mass is 10.3. The lowest BCUT2D eigenvalue weighted by Crippen LogP contribution is -2.36. The number of halogens is 2. The van der Waals surface area contributed by atoms with Crippen molar-refractivity contribution in [3.63, 3.8) is 0 Å². The van der Waals surface area contributed by atoms with Crippen LogP contribution < -0.4 is 10.1 Å². The molecular weight excluding hydrogens is 257 g/mol. The molecule has 0 bridgehead atoms. The summed E-state index contributed by atoms with van der Waals surface area (Å²) in [7, 11) is 1.62. The second-order valence-electron chi connectivity index (χ2n) is 4.45. The molecule has 1 atom stereocenters. The number of methoxy groups -OCH3 is 1. The van der Waals surface area contributed by atoms with E-state index in [0.717, 1.165) is 0 Å². The van der Waals surface area contributed by atoms with Crippen molar-refractivity contribution in [1.82, 2.24) is 5.32 Å². The summed E-state index contributed by atoms with van der Waals surface area (Å²) in [6.07, 6.45) is 2.31. The number of ether oxygens (including phenoxy) is 2. The van der Waals surface area contributed by atoms with Crippen LogP contribution in [0, 0.1) is 5.82 Å². The van der Waals surface area contributed by atoms with Crippen molar-refractivity contribution in [2.75, 3.05) is 20.3 Å². The molecule has 2 rings (SSSR count). The molecule has 1 N–H and O–H groups in total. The number of benzene rings is 1. The molecular formula is C13H17ClFNO2. The van der Waals surface area contributed by atoms with Crippen molar-refractivity contribution in [2.24, 2.45) is 0 Å². The molecule has 100 valence electrons. The molecule has 5 heteroatoms. The molecule has 0 aliphatic heterocycles. The molecule has 18 heavy (non-hydrogen) atoms. The number of hydrogen-bond acceptors (Lipinski definition) is 3. The summed E-state index contributed by atoms with van der Waals surface area (Å²) < 4.78 is 23.8. The lowest BCUT2D eigenvalue weighted by Gasteiger charge is -2.19. The molecule has 1 fully saturated rings. The monoisotopic (exact) mass is 273 g/mol. The maximum absolute atomic E-state index is 12.9. The molecule has 1 aromatic rings. The summed E-state index contributed by atoms with van der Waals surface area (Å²) in [6, 6.07) is 4.72. The standard InChI is InChI=1S/C13H17ClFNO2/c1-17-8-11(7-16-10-3-4-10)18-13-5-2-9(15)6-12(13)14/h2,5-6,10-11,16H,3-4,7-8H2,1H3. The molecule has 0 spiro atoms. The van der Waals surface area contributed by atoms with Crippen molar-refractivity contribution in [3.8, 4) is 5.75 Å². The topological polar surface area (TPSA) is 30.5 Å². The minimum absolute atomic E-state index is 0.126. The fraction of sp³-hybridized carbons (Fsp3) is 0.538. The highest BCUT2D eigenvalue weighted by atomic mass is 35.5. The average Bonchev–Trinajstić information content (AvgIpc) is 3.13. The average molecular weight is 274 g/mol. The predicted octanol–water partition coefficient (Wildman–Crippen LogP) is 2.62. The van der Waals surface area contributed by atoms with Gasteiger partial charge in [-0.25, -0.2) is 4.39 Å². The van der Waals surface area contributed by atoms with Gasteiger partial charge in [0.25, 0.3) is 0 Å². The van der Waals surface area contributed by atoms with Gasteiger partial charge in [-0.15, -0.1) is 0 Å². The molecule has 1 aliphatic carbocycles. The molecule has 0 radical (unpaired) electrons. The van der Waals surface area contributed by atoms with E-state index in [2.05, 4.69) is 5.32 Å². The van der Waals surface area contributed by atoms with Crippen LogP contribution in [0.25, 0.3) is 0 Å². The van der Waals surface area contributed by atoms with Crippen molar-refractivity contribution in [2.45, 2.75) is 25.0 Å². The maximum Gasteiger partial charge on any atom is 0.138 e. The number of rotatable bonds is 7. The van der Waals surface area contributed by atoms with Crippen LogP contribution in [0.4, 0.5) is 4.39 Å². The van der Waals surface area contributed by atoms with Crippen LogP contribution in [0.3, 0.4) is 0 Å². The van der Waals surface area contributed by atoms with Crippen LogP contribution in [0.15, 0.2) is 18.2 Å². The molecule has 0 aromatic heterocycles. The number of hydrogen-bond donors (Lipinski definition) is 1. The Morgan fingerprint density at radius 3 is 2.89 bits per heavy atom. The van der Waals surface area contributed by atoms with Crippen molar-refractivity contribution < 1.29 is 13.9 Å². The first-order chi connectivity index (χ1) is 8.69. The van der Waals surface area contributed by atoms with E-state index in [0.29, 0.717) is 24.9 Å². The first-order valence-electron chi connectivity index (χ1n) is 6.03. The zero-order valence-electron chi connectivity index (χ0n) is 10.3. The Morgan fingerprint density at radius 1 is 1.50 bits per heavy atom. The maximum atomic E-state index is 12.9. The Hall–Kier alpha value is -0.840. The highest BCUT2D eigenvalue weighted by Crippen LogP contribution is 2.26. The third-order valence-electron chi connectivity index (χ3n) is 2.75. The van der Waals surface area contributed by atoms with E-state index in [-0.39, 0.29) is 16.9 Å². The fourth-order valence-corrected chi connectivity index (χ4v) is 1.87. The zero-order chi connectivity index (χ0) is 13.0. The van der Waals surface area contributed by atoms with Crippen LogP contribution in [0.2, 0.25) is 5.02 Å². The third kappa shape index (κ3) is 4.12. The second kappa shape index (κ2) is 6.36. The minimum Gasteiger partial charge on any atom is -0.485 e. The van der Waals surface area contributed by atoms with Crippen LogP contribution in [0.5, 0.6) is 5.75 Å².